The van der Waals surface area contributed by atoms with E-state index in [1.807, 2.05) is 11.8 Å². The van der Waals surface area contributed by atoms with Crippen LogP contribution >= 0.6 is 0 Å². The van der Waals surface area contributed by atoms with Gasteiger partial charge in [-0.15, -0.1) is 10.2 Å². The summed E-state index contributed by atoms with van der Waals surface area (Å²) < 4.78 is 5.57. The monoisotopic (exact) mass is 389 g/mol. The molecule has 0 N–H and O–H groups in total. The maximum Gasteiger partial charge on any atom is 0.223 e. The topological polar surface area (TPSA) is 59.2 Å². The molecule has 1 amide bonds. The molecule has 5 nitrogen and oxygen atoms in total. The molecule has 7 rings (SSSR count). The molecule has 29 heavy (non-hydrogen) atoms. The summed E-state index contributed by atoms with van der Waals surface area (Å²) in [5, 5.41) is 8.08. The average molecular weight is 389 g/mol. The molecule has 5 aliphatic rings. The third kappa shape index (κ3) is 1.86. The summed E-state index contributed by atoms with van der Waals surface area (Å²) in [5.74, 6) is 5.13. The summed E-state index contributed by atoms with van der Waals surface area (Å²) in [6.45, 7) is 3.25. The lowest BCUT2D eigenvalue weighted by atomic mass is 9.26. The number of hydrogen-bond donors (Lipinski definition) is 0. The van der Waals surface area contributed by atoms with Crippen molar-refractivity contribution >= 4 is 5.91 Å². The molecule has 6 unspecified atom stereocenters. The van der Waals surface area contributed by atoms with Gasteiger partial charge in [0.1, 0.15) is 0 Å². The van der Waals surface area contributed by atoms with Crippen LogP contribution in [0.5, 0.6) is 0 Å². The van der Waals surface area contributed by atoms with Crippen molar-refractivity contribution in [2.24, 2.45) is 29.1 Å². The molecule has 6 atom stereocenters. The van der Waals surface area contributed by atoms with Crippen LogP contribution in [0.1, 0.15) is 55.4 Å². The van der Waals surface area contributed by atoms with E-state index in [0.717, 1.165) is 36.8 Å². The highest BCUT2D eigenvalue weighted by molar-refractivity contribution is 5.80. The van der Waals surface area contributed by atoms with Crippen molar-refractivity contribution < 1.29 is 9.21 Å². The summed E-state index contributed by atoms with van der Waals surface area (Å²) in [7, 11) is 0. The van der Waals surface area contributed by atoms with Crippen molar-refractivity contribution in [3.8, 4) is 0 Å². The van der Waals surface area contributed by atoms with Crippen LogP contribution < -0.4 is 0 Å². The van der Waals surface area contributed by atoms with Gasteiger partial charge in [0.05, 0.1) is 5.92 Å². The van der Waals surface area contributed by atoms with Crippen molar-refractivity contribution in [2.45, 2.75) is 50.4 Å². The quantitative estimate of drug-likeness (QED) is 0.800. The van der Waals surface area contributed by atoms with Gasteiger partial charge in [-0.25, -0.2) is 0 Å². The molecule has 1 aromatic carbocycles. The van der Waals surface area contributed by atoms with E-state index >= 15 is 0 Å². The predicted molar refractivity (Wildman–Crippen MR) is 106 cm³/mol. The Balaban J connectivity index is 1.15. The van der Waals surface area contributed by atoms with Crippen LogP contribution in [0, 0.1) is 36.0 Å². The van der Waals surface area contributed by atoms with E-state index in [2.05, 4.69) is 40.5 Å². The van der Waals surface area contributed by atoms with E-state index in [9.17, 15) is 4.79 Å². The van der Waals surface area contributed by atoms with Gasteiger partial charge in [0.15, 0.2) is 0 Å². The molecule has 1 saturated heterocycles. The minimum atomic E-state index is 0.0795. The molecule has 4 saturated carbocycles. The minimum absolute atomic E-state index is 0.0795. The highest BCUT2D eigenvalue weighted by Crippen LogP contribution is 2.87. The first-order valence-corrected chi connectivity index (χ1v) is 11.2. The van der Waals surface area contributed by atoms with E-state index in [0.29, 0.717) is 29.5 Å². The molecular formula is C24H27N3O2. The molecule has 5 heteroatoms. The molecular weight excluding hydrogens is 362 g/mol. The van der Waals surface area contributed by atoms with E-state index in [1.54, 1.807) is 0 Å². The van der Waals surface area contributed by atoms with Gasteiger partial charge >= 0.3 is 0 Å². The zero-order chi connectivity index (χ0) is 19.4. The Labute approximate surface area is 170 Å². The minimum Gasteiger partial charge on any atom is -0.425 e. The fraction of sp³-hybridized carbons (Fsp3) is 0.625. The number of hydrogen-bond acceptors (Lipinski definition) is 4. The van der Waals surface area contributed by atoms with Crippen LogP contribution in [0.3, 0.4) is 0 Å². The average Bonchev–Trinajstić information content (AvgIpc) is 3.34. The maximum atomic E-state index is 13.4. The van der Waals surface area contributed by atoms with Crippen LogP contribution in [0.25, 0.3) is 0 Å². The van der Waals surface area contributed by atoms with Gasteiger partial charge in [0, 0.05) is 31.8 Å². The maximum absolute atomic E-state index is 13.4. The molecule has 2 aromatic rings. The Morgan fingerprint density at radius 1 is 1.14 bits per heavy atom. The van der Waals surface area contributed by atoms with Crippen LogP contribution in [0.2, 0.25) is 0 Å². The normalized spacial score (nSPS) is 41.5. The van der Waals surface area contributed by atoms with Crippen LogP contribution in [-0.4, -0.2) is 34.1 Å². The van der Waals surface area contributed by atoms with Crippen molar-refractivity contribution in [2.75, 3.05) is 13.1 Å². The van der Waals surface area contributed by atoms with E-state index in [1.165, 1.54) is 31.2 Å². The van der Waals surface area contributed by atoms with Gasteiger partial charge in [0.2, 0.25) is 17.7 Å². The van der Waals surface area contributed by atoms with Crippen LogP contribution in [0.4, 0.5) is 0 Å². The number of carbonyl (C=O) groups excluding carboxylic acids is 1. The van der Waals surface area contributed by atoms with Gasteiger partial charge in [-0.05, 0) is 60.3 Å². The second-order valence-corrected chi connectivity index (χ2v) is 10.4. The third-order valence-electron chi connectivity index (χ3n) is 9.53. The zero-order valence-electron chi connectivity index (χ0n) is 16.9. The number of carbonyl (C=O) groups is 1. The molecule has 1 spiro atoms. The van der Waals surface area contributed by atoms with Crippen molar-refractivity contribution in [3.63, 3.8) is 0 Å². The lowest BCUT2D eigenvalue weighted by Gasteiger charge is -2.77. The van der Waals surface area contributed by atoms with Crippen LogP contribution in [-0.2, 0) is 10.2 Å². The molecule has 0 radical (unpaired) electrons. The number of rotatable bonds is 4. The largest absolute Gasteiger partial charge is 0.425 e. The summed E-state index contributed by atoms with van der Waals surface area (Å²) in [6.07, 6.45) is 6.28. The number of benzene rings is 1. The predicted octanol–water partition coefficient (Wildman–Crippen LogP) is 3.70. The lowest BCUT2D eigenvalue weighted by molar-refractivity contribution is -0.251. The standard InChI is InChI=1S/C24H27N3O2/c1-14-25-26-22(29-14)16-12-27(13-16)21(28)11-24(17-5-3-2-4-6-17)19-8-15-7-18-9-20(24)23(18,19)10-15/h2-6,15-16,18-20H,7-13H2,1H3. The van der Waals surface area contributed by atoms with Gasteiger partial charge in [-0.3, -0.25) is 4.79 Å². The molecule has 1 aliphatic heterocycles. The molecule has 5 fully saturated rings. The number of amides is 1. The van der Waals surface area contributed by atoms with E-state index in [-0.39, 0.29) is 11.3 Å². The van der Waals surface area contributed by atoms with E-state index in [4.69, 9.17) is 4.42 Å². The summed E-state index contributed by atoms with van der Waals surface area (Å²) in [5.41, 5.74) is 2.10. The summed E-state index contributed by atoms with van der Waals surface area (Å²) in [6, 6.07) is 11.0. The molecule has 2 bridgehead atoms. The molecule has 1 aromatic heterocycles. The van der Waals surface area contributed by atoms with E-state index < -0.39 is 0 Å². The number of nitrogens with zero attached hydrogens (tertiary/aromatic N) is 3. The lowest BCUT2D eigenvalue weighted by Crippen LogP contribution is -2.74. The first kappa shape index (κ1) is 16.6. The third-order valence-corrected chi connectivity index (χ3v) is 9.53. The number of aromatic nitrogens is 2. The first-order valence-electron chi connectivity index (χ1n) is 11.2. The molecule has 4 aliphatic carbocycles. The fourth-order valence-electron chi connectivity index (χ4n) is 8.56. The van der Waals surface area contributed by atoms with Crippen molar-refractivity contribution in [3.05, 3.63) is 47.7 Å². The Kier molecular flexibility index (Phi) is 3.03. The highest BCUT2D eigenvalue weighted by atomic mass is 16.4. The van der Waals surface area contributed by atoms with Crippen molar-refractivity contribution in [1.29, 1.82) is 0 Å². The second kappa shape index (κ2) is 5.30. The van der Waals surface area contributed by atoms with Gasteiger partial charge in [-0.1, -0.05) is 30.3 Å². The molecule has 150 valence electrons. The Morgan fingerprint density at radius 2 is 1.93 bits per heavy atom. The van der Waals surface area contributed by atoms with Crippen LogP contribution in [0.15, 0.2) is 34.7 Å². The fourth-order valence-corrected chi connectivity index (χ4v) is 8.56. The van der Waals surface area contributed by atoms with Gasteiger partial charge in [-0.2, -0.15) is 0 Å². The number of aryl methyl sites for hydroxylation is 1. The van der Waals surface area contributed by atoms with Gasteiger partial charge < -0.3 is 9.32 Å². The Morgan fingerprint density at radius 3 is 2.66 bits per heavy atom. The van der Waals surface area contributed by atoms with Gasteiger partial charge in [0.25, 0.3) is 0 Å². The highest BCUT2D eigenvalue weighted by Gasteiger charge is 2.83. The number of likely N-dealkylation sites (tertiary alicyclic amines) is 1. The summed E-state index contributed by atoms with van der Waals surface area (Å²) in [4.78, 5) is 15.4. The number of fused-ring (bicyclic) bond motifs is 1. The zero-order valence-corrected chi connectivity index (χ0v) is 16.9. The smallest absolute Gasteiger partial charge is 0.223 e. The SMILES string of the molecule is Cc1nnc(C2CN(C(=O)CC3(c4ccccc4)C4CC5CC6CC3C64C5)C2)o1. The first-order chi connectivity index (χ1) is 14.1. The Hall–Kier alpha value is -2.17. The summed E-state index contributed by atoms with van der Waals surface area (Å²) >= 11 is 0. The second-order valence-electron chi connectivity index (χ2n) is 10.4. The Bertz CT molecular complexity index is 997. The van der Waals surface area contributed by atoms with Crippen molar-refractivity contribution in [1.82, 2.24) is 15.1 Å². The molecule has 2 heterocycles.